The summed E-state index contributed by atoms with van der Waals surface area (Å²) in [5, 5.41) is 1.84. The number of hydrogen-bond donors (Lipinski definition) is 2. The number of fused-ring (bicyclic) bond motifs is 1. The molecule has 7 nitrogen and oxygen atoms in total. The van der Waals surface area contributed by atoms with E-state index in [2.05, 4.69) is 10.9 Å². The Morgan fingerprint density at radius 3 is 2.28 bits per heavy atom. The molecular formula is C20H23N3O4S2. The number of rotatable bonds is 4. The van der Waals surface area contributed by atoms with E-state index in [1.807, 2.05) is 5.38 Å². The summed E-state index contributed by atoms with van der Waals surface area (Å²) in [5.74, 6) is -0.821. The molecule has 1 aromatic carbocycles. The first-order chi connectivity index (χ1) is 14.0. The van der Waals surface area contributed by atoms with E-state index in [0.29, 0.717) is 18.7 Å². The van der Waals surface area contributed by atoms with Crippen LogP contribution >= 0.6 is 11.3 Å². The number of amides is 2. The van der Waals surface area contributed by atoms with E-state index in [-0.39, 0.29) is 16.4 Å². The molecule has 0 spiro atoms. The van der Waals surface area contributed by atoms with Gasteiger partial charge in [-0.2, -0.15) is 4.31 Å². The molecule has 1 aliphatic carbocycles. The van der Waals surface area contributed by atoms with Crippen molar-refractivity contribution in [2.75, 3.05) is 13.1 Å². The number of aryl methyl sites for hydroxylation is 1. The van der Waals surface area contributed by atoms with Crippen molar-refractivity contribution in [3.8, 4) is 0 Å². The maximum absolute atomic E-state index is 12.5. The molecule has 0 bridgehead atoms. The van der Waals surface area contributed by atoms with Gasteiger partial charge in [-0.05, 0) is 68.4 Å². The molecule has 1 fully saturated rings. The van der Waals surface area contributed by atoms with Crippen molar-refractivity contribution in [1.82, 2.24) is 15.2 Å². The smallest absolute Gasteiger partial charge is 0.267 e. The van der Waals surface area contributed by atoms with Crippen molar-refractivity contribution in [3.63, 3.8) is 0 Å². The van der Waals surface area contributed by atoms with Crippen LogP contribution in [0, 0.1) is 0 Å². The monoisotopic (exact) mass is 433 g/mol. The Bertz CT molecular complexity index is 1020. The normalized spacial score (nSPS) is 17.0. The van der Waals surface area contributed by atoms with Crippen LogP contribution in [-0.2, 0) is 22.9 Å². The van der Waals surface area contributed by atoms with Crippen LogP contribution in [0.5, 0.6) is 0 Å². The third-order valence-corrected chi connectivity index (χ3v) is 8.42. The SMILES string of the molecule is O=C(NNC(=O)c1csc2c1CCCC2)c1ccc(S(=O)(=O)N2CCCC2)cc1. The number of nitrogens with one attached hydrogen (secondary N) is 2. The zero-order chi connectivity index (χ0) is 20.4. The maximum Gasteiger partial charge on any atom is 0.270 e. The van der Waals surface area contributed by atoms with Crippen molar-refractivity contribution in [2.45, 2.75) is 43.4 Å². The lowest BCUT2D eigenvalue weighted by Crippen LogP contribution is -2.41. The van der Waals surface area contributed by atoms with Crippen molar-refractivity contribution in [1.29, 1.82) is 0 Å². The van der Waals surface area contributed by atoms with Gasteiger partial charge < -0.3 is 0 Å². The Morgan fingerprint density at radius 2 is 1.55 bits per heavy atom. The van der Waals surface area contributed by atoms with Gasteiger partial charge >= 0.3 is 0 Å². The van der Waals surface area contributed by atoms with Gasteiger partial charge in [-0.3, -0.25) is 20.4 Å². The van der Waals surface area contributed by atoms with Crippen molar-refractivity contribution >= 4 is 33.2 Å². The Kier molecular flexibility index (Phi) is 5.71. The van der Waals surface area contributed by atoms with Crippen LogP contribution < -0.4 is 10.9 Å². The number of thiophene rings is 1. The summed E-state index contributed by atoms with van der Waals surface area (Å²) < 4.78 is 26.6. The van der Waals surface area contributed by atoms with Gasteiger partial charge in [0.05, 0.1) is 10.5 Å². The van der Waals surface area contributed by atoms with Gasteiger partial charge in [0.15, 0.2) is 0 Å². The fraction of sp³-hybridized carbons (Fsp3) is 0.400. The van der Waals surface area contributed by atoms with Crippen LogP contribution in [-0.4, -0.2) is 37.6 Å². The number of nitrogens with zero attached hydrogens (tertiary/aromatic N) is 1. The molecule has 0 unspecified atom stereocenters. The second-order valence-electron chi connectivity index (χ2n) is 7.30. The van der Waals surface area contributed by atoms with Crippen LogP contribution in [0.3, 0.4) is 0 Å². The summed E-state index contributed by atoms with van der Waals surface area (Å²) >= 11 is 1.59. The largest absolute Gasteiger partial charge is 0.270 e. The molecule has 2 N–H and O–H groups in total. The van der Waals surface area contributed by atoms with Gasteiger partial charge in [0.2, 0.25) is 10.0 Å². The molecular weight excluding hydrogens is 410 g/mol. The summed E-state index contributed by atoms with van der Waals surface area (Å²) in [7, 11) is -3.51. The first-order valence-corrected chi connectivity index (χ1v) is 12.1. The fourth-order valence-electron chi connectivity index (χ4n) is 3.79. The van der Waals surface area contributed by atoms with Gasteiger partial charge in [-0.25, -0.2) is 8.42 Å². The number of sulfonamides is 1. The van der Waals surface area contributed by atoms with Crippen LogP contribution in [0.4, 0.5) is 0 Å². The van der Waals surface area contributed by atoms with Crippen LogP contribution in [0.15, 0.2) is 34.5 Å². The topological polar surface area (TPSA) is 95.6 Å². The highest BCUT2D eigenvalue weighted by molar-refractivity contribution is 7.89. The van der Waals surface area contributed by atoms with Crippen LogP contribution in [0.1, 0.15) is 56.8 Å². The Morgan fingerprint density at radius 1 is 0.897 bits per heavy atom. The van der Waals surface area contributed by atoms with Crippen LogP contribution in [0.25, 0.3) is 0 Å². The molecule has 0 atom stereocenters. The van der Waals surface area contributed by atoms with Gasteiger partial charge in [0.1, 0.15) is 0 Å². The highest BCUT2D eigenvalue weighted by atomic mass is 32.2. The number of hydrogen-bond acceptors (Lipinski definition) is 5. The lowest BCUT2D eigenvalue weighted by molar-refractivity contribution is 0.0846. The summed E-state index contributed by atoms with van der Waals surface area (Å²) in [6.45, 7) is 1.06. The Balaban J connectivity index is 1.39. The summed E-state index contributed by atoms with van der Waals surface area (Å²) in [4.78, 5) is 26.2. The van der Waals surface area contributed by atoms with E-state index >= 15 is 0 Å². The molecule has 2 aromatic rings. The predicted octanol–water partition coefficient (Wildman–Crippen LogP) is 2.49. The third kappa shape index (κ3) is 4.08. The standard InChI is InChI=1S/C20H23N3O4S2/c24-19(21-22-20(25)17-13-28-18-6-2-1-5-16(17)18)14-7-9-15(10-8-14)29(26,27)23-11-3-4-12-23/h7-10,13H,1-6,11-12H2,(H,21,24)(H,22,25). The summed E-state index contributed by atoms with van der Waals surface area (Å²) in [6.07, 6.45) is 5.85. The minimum atomic E-state index is -3.51. The van der Waals surface area contributed by atoms with Gasteiger partial charge in [0, 0.05) is 28.9 Å². The van der Waals surface area contributed by atoms with Crippen LogP contribution in [0.2, 0.25) is 0 Å². The summed E-state index contributed by atoms with van der Waals surface area (Å²) in [5.41, 5.74) is 6.86. The molecule has 2 amide bonds. The van der Waals surface area contributed by atoms with E-state index in [1.165, 1.54) is 33.4 Å². The van der Waals surface area contributed by atoms with E-state index in [1.54, 1.807) is 11.3 Å². The molecule has 1 aromatic heterocycles. The average molecular weight is 434 g/mol. The molecule has 9 heteroatoms. The predicted molar refractivity (Wildman–Crippen MR) is 110 cm³/mol. The molecule has 0 saturated carbocycles. The maximum atomic E-state index is 12.5. The van der Waals surface area contributed by atoms with E-state index < -0.39 is 15.9 Å². The first kappa shape index (κ1) is 20.1. The molecule has 154 valence electrons. The molecule has 1 saturated heterocycles. The van der Waals surface area contributed by atoms with Crippen molar-refractivity contribution in [3.05, 3.63) is 51.2 Å². The Hall–Kier alpha value is -2.23. The van der Waals surface area contributed by atoms with Crippen molar-refractivity contribution in [2.24, 2.45) is 0 Å². The molecule has 2 heterocycles. The lowest BCUT2D eigenvalue weighted by atomic mass is 9.96. The fourth-order valence-corrected chi connectivity index (χ4v) is 6.44. The van der Waals surface area contributed by atoms with E-state index in [9.17, 15) is 18.0 Å². The zero-order valence-electron chi connectivity index (χ0n) is 15.9. The van der Waals surface area contributed by atoms with Gasteiger partial charge in [0.25, 0.3) is 11.8 Å². The minimum Gasteiger partial charge on any atom is -0.267 e. The third-order valence-electron chi connectivity index (χ3n) is 5.41. The molecule has 2 aliphatic rings. The number of carbonyl (C=O) groups is 2. The molecule has 4 rings (SSSR count). The quantitative estimate of drug-likeness (QED) is 0.724. The van der Waals surface area contributed by atoms with Gasteiger partial charge in [-0.1, -0.05) is 0 Å². The second-order valence-corrected chi connectivity index (χ2v) is 10.2. The Labute approximate surface area is 174 Å². The van der Waals surface area contributed by atoms with E-state index in [0.717, 1.165) is 44.1 Å². The zero-order valence-corrected chi connectivity index (χ0v) is 17.6. The molecule has 0 radical (unpaired) electrons. The highest BCUT2D eigenvalue weighted by Crippen LogP contribution is 2.30. The number of hydrazine groups is 1. The number of benzene rings is 1. The number of carbonyl (C=O) groups excluding carboxylic acids is 2. The van der Waals surface area contributed by atoms with Gasteiger partial charge in [-0.15, -0.1) is 11.3 Å². The minimum absolute atomic E-state index is 0.171. The second kappa shape index (κ2) is 8.25. The molecule has 29 heavy (non-hydrogen) atoms. The average Bonchev–Trinajstić information content (AvgIpc) is 3.42. The lowest BCUT2D eigenvalue weighted by Gasteiger charge is -2.15. The summed E-state index contributed by atoms with van der Waals surface area (Å²) in [6, 6.07) is 5.77. The first-order valence-electron chi connectivity index (χ1n) is 9.77. The van der Waals surface area contributed by atoms with Crippen molar-refractivity contribution < 1.29 is 18.0 Å². The van der Waals surface area contributed by atoms with E-state index in [4.69, 9.17) is 0 Å². The highest BCUT2D eigenvalue weighted by Gasteiger charge is 2.27. The molecule has 1 aliphatic heterocycles.